The predicted octanol–water partition coefficient (Wildman–Crippen LogP) is 2.03. The Morgan fingerprint density at radius 3 is 2.39 bits per heavy atom. The summed E-state index contributed by atoms with van der Waals surface area (Å²) in [5.41, 5.74) is -0.187. The van der Waals surface area contributed by atoms with Gasteiger partial charge in [0.2, 0.25) is 0 Å². The molecule has 2 rings (SSSR count). The fourth-order valence-electron chi connectivity index (χ4n) is 1.77. The highest BCUT2D eigenvalue weighted by Crippen LogP contribution is 2.39. The Morgan fingerprint density at radius 1 is 1.28 bits per heavy atom. The molecule has 0 aromatic heterocycles. The van der Waals surface area contributed by atoms with Crippen molar-refractivity contribution in [3.63, 3.8) is 0 Å². The topological polar surface area (TPSA) is 44.8 Å². The molecule has 0 aliphatic carbocycles. The second-order valence-corrected chi connectivity index (χ2v) is 3.88. The predicted molar refractivity (Wildman–Crippen MR) is 58.1 cm³/mol. The second kappa shape index (κ2) is 4.44. The highest BCUT2D eigenvalue weighted by atomic mass is 19.3. The molecule has 0 bridgehead atoms. The van der Waals surface area contributed by atoms with Crippen molar-refractivity contribution >= 4 is 5.97 Å². The van der Waals surface area contributed by atoms with E-state index in [0.29, 0.717) is 19.0 Å². The number of ether oxygens (including phenoxy) is 3. The van der Waals surface area contributed by atoms with Crippen molar-refractivity contribution in [3.05, 3.63) is 23.3 Å². The Labute approximate surface area is 102 Å². The zero-order valence-electron chi connectivity index (χ0n) is 9.96. The van der Waals surface area contributed by atoms with Gasteiger partial charge in [-0.05, 0) is 24.6 Å². The van der Waals surface area contributed by atoms with Crippen LogP contribution in [0.25, 0.3) is 0 Å². The average Bonchev–Trinajstić information content (AvgIpc) is 2.36. The van der Waals surface area contributed by atoms with Gasteiger partial charge in [0.1, 0.15) is 13.2 Å². The quantitative estimate of drug-likeness (QED) is 0.761. The molecule has 0 unspecified atom stereocenters. The van der Waals surface area contributed by atoms with Gasteiger partial charge in [0.15, 0.2) is 11.5 Å². The Bertz CT molecular complexity index is 485. The molecule has 1 aromatic carbocycles. The summed E-state index contributed by atoms with van der Waals surface area (Å²) < 4.78 is 42.2. The molecule has 0 saturated carbocycles. The zero-order valence-corrected chi connectivity index (χ0v) is 9.96. The van der Waals surface area contributed by atoms with Gasteiger partial charge >= 0.3 is 11.9 Å². The van der Waals surface area contributed by atoms with Crippen LogP contribution in [-0.2, 0) is 15.5 Å². The van der Waals surface area contributed by atoms with E-state index in [2.05, 4.69) is 4.74 Å². The largest absolute Gasteiger partial charge is 0.486 e. The van der Waals surface area contributed by atoms with Gasteiger partial charge in [-0.3, -0.25) is 0 Å². The van der Waals surface area contributed by atoms with Crippen molar-refractivity contribution in [1.82, 2.24) is 0 Å². The molecule has 1 aromatic rings. The van der Waals surface area contributed by atoms with Crippen LogP contribution in [0.15, 0.2) is 12.1 Å². The van der Waals surface area contributed by atoms with Crippen LogP contribution in [-0.4, -0.2) is 26.3 Å². The summed E-state index contributed by atoms with van der Waals surface area (Å²) in [5.74, 6) is -4.68. The van der Waals surface area contributed by atoms with E-state index in [1.165, 1.54) is 13.0 Å². The van der Waals surface area contributed by atoms with Gasteiger partial charge < -0.3 is 14.2 Å². The van der Waals surface area contributed by atoms with Crippen LogP contribution in [0, 0.1) is 6.92 Å². The number of hydrogen-bond acceptors (Lipinski definition) is 4. The van der Waals surface area contributed by atoms with E-state index in [-0.39, 0.29) is 11.3 Å². The van der Waals surface area contributed by atoms with Gasteiger partial charge in [0, 0.05) is 5.56 Å². The summed E-state index contributed by atoms with van der Waals surface area (Å²) >= 11 is 0. The highest BCUT2D eigenvalue weighted by molar-refractivity contribution is 5.80. The van der Waals surface area contributed by atoms with E-state index >= 15 is 0 Å². The van der Waals surface area contributed by atoms with Crippen molar-refractivity contribution in [2.45, 2.75) is 12.8 Å². The van der Waals surface area contributed by atoms with Crippen molar-refractivity contribution in [2.24, 2.45) is 0 Å². The van der Waals surface area contributed by atoms with Crippen LogP contribution in [0.5, 0.6) is 11.5 Å². The third-order valence-electron chi connectivity index (χ3n) is 2.67. The number of esters is 1. The first kappa shape index (κ1) is 12.6. The van der Waals surface area contributed by atoms with Gasteiger partial charge in [-0.1, -0.05) is 0 Å². The summed E-state index contributed by atoms with van der Waals surface area (Å²) in [5, 5.41) is 0. The Hall–Kier alpha value is -1.85. The monoisotopic (exact) mass is 258 g/mol. The molecule has 0 saturated heterocycles. The second-order valence-electron chi connectivity index (χ2n) is 3.88. The number of alkyl halides is 2. The van der Waals surface area contributed by atoms with Crippen LogP contribution in [0.4, 0.5) is 8.78 Å². The third-order valence-corrected chi connectivity index (χ3v) is 2.67. The maximum Gasteiger partial charge on any atom is 0.381 e. The molecular weight excluding hydrogens is 246 g/mol. The lowest BCUT2D eigenvalue weighted by atomic mass is 10.0. The number of benzene rings is 1. The maximum atomic E-state index is 13.8. The number of carbonyl (C=O) groups is 1. The fourth-order valence-corrected chi connectivity index (χ4v) is 1.77. The highest BCUT2D eigenvalue weighted by Gasteiger charge is 2.44. The summed E-state index contributed by atoms with van der Waals surface area (Å²) in [6, 6.07) is 2.56. The van der Waals surface area contributed by atoms with E-state index in [0.717, 1.165) is 13.2 Å². The molecule has 0 radical (unpaired) electrons. The smallest absolute Gasteiger partial charge is 0.381 e. The number of carbonyl (C=O) groups excluding carboxylic acids is 1. The summed E-state index contributed by atoms with van der Waals surface area (Å²) in [6.45, 7) is 2.14. The SMILES string of the molecule is COC(=O)C(F)(F)c1cc2c(cc1C)OCCO2. The molecule has 0 amide bonds. The maximum absolute atomic E-state index is 13.8. The van der Waals surface area contributed by atoms with Gasteiger partial charge in [-0.25, -0.2) is 4.79 Å². The molecule has 98 valence electrons. The van der Waals surface area contributed by atoms with E-state index < -0.39 is 17.5 Å². The van der Waals surface area contributed by atoms with Crippen LogP contribution in [0.1, 0.15) is 11.1 Å². The summed E-state index contributed by atoms with van der Waals surface area (Å²) in [7, 11) is 0.920. The first-order valence-electron chi connectivity index (χ1n) is 5.33. The molecule has 1 aliphatic heterocycles. The first-order valence-corrected chi connectivity index (χ1v) is 5.33. The lowest BCUT2D eigenvalue weighted by Gasteiger charge is -2.22. The molecule has 0 fully saturated rings. The standard InChI is InChI=1S/C12H12F2O4/c1-7-5-9-10(18-4-3-17-9)6-8(7)12(13,14)11(15)16-2/h5-6H,3-4H2,1-2H3. The van der Waals surface area contributed by atoms with Crippen LogP contribution in [0.3, 0.4) is 0 Å². The Balaban J connectivity index is 2.48. The van der Waals surface area contributed by atoms with Gasteiger partial charge in [-0.2, -0.15) is 8.78 Å². The van der Waals surface area contributed by atoms with Crippen molar-refractivity contribution < 1.29 is 27.8 Å². The normalized spacial score (nSPS) is 14.2. The van der Waals surface area contributed by atoms with Crippen molar-refractivity contribution in [1.29, 1.82) is 0 Å². The number of halogens is 2. The molecule has 0 N–H and O–H groups in total. The van der Waals surface area contributed by atoms with Crippen LogP contribution in [0.2, 0.25) is 0 Å². The number of aryl methyl sites for hydroxylation is 1. The average molecular weight is 258 g/mol. The molecule has 1 aliphatic rings. The minimum absolute atomic E-state index is 0.213. The van der Waals surface area contributed by atoms with Crippen molar-refractivity contribution in [2.75, 3.05) is 20.3 Å². The zero-order chi connectivity index (χ0) is 13.3. The van der Waals surface area contributed by atoms with Crippen LogP contribution >= 0.6 is 0 Å². The summed E-state index contributed by atoms with van der Waals surface area (Å²) in [6.07, 6.45) is 0. The van der Waals surface area contributed by atoms with Gasteiger partial charge in [0.05, 0.1) is 7.11 Å². The fraction of sp³-hybridized carbons (Fsp3) is 0.417. The molecule has 1 heterocycles. The molecule has 4 nitrogen and oxygen atoms in total. The number of hydrogen-bond donors (Lipinski definition) is 0. The van der Waals surface area contributed by atoms with E-state index in [9.17, 15) is 13.6 Å². The Morgan fingerprint density at radius 2 is 1.83 bits per heavy atom. The number of rotatable bonds is 2. The van der Waals surface area contributed by atoms with E-state index in [1.807, 2.05) is 0 Å². The van der Waals surface area contributed by atoms with Crippen LogP contribution < -0.4 is 9.47 Å². The molecular formula is C12H12F2O4. The van der Waals surface area contributed by atoms with E-state index in [1.54, 1.807) is 0 Å². The number of fused-ring (bicyclic) bond motifs is 1. The lowest BCUT2D eigenvalue weighted by Crippen LogP contribution is -2.28. The van der Waals surface area contributed by atoms with Gasteiger partial charge in [0.25, 0.3) is 0 Å². The molecule has 6 heteroatoms. The number of methoxy groups -OCH3 is 1. The lowest BCUT2D eigenvalue weighted by molar-refractivity contribution is -0.170. The molecule has 18 heavy (non-hydrogen) atoms. The van der Waals surface area contributed by atoms with Gasteiger partial charge in [-0.15, -0.1) is 0 Å². The molecule has 0 atom stereocenters. The minimum atomic E-state index is -3.70. The first-order chi connectivity index (χ1) is 8.46. The minimum Gasteiger partial charge on any atom is -0.486 e. The molecule has 0 spiro atoms. The Kier molecular flexibility index (Phi) is 3.11. The van der Waals surface area contributed by atoms with E-state index in [4.69, 9.17) is 9.47 Å². The summed E-state index contributed by atoms with van der Waals surface area (Å²) in [4.78, 5) is 11.1. The van der Waals surface area contributed by atoms with Crippen molar-refractivity contribution in [3.8, 4) is 11.5 Å². The third kappa shape index (κ3) is 1.98.